The number of benzene rings is 1. The molecule has 26 heavy (non-hydrogen) atoms. The fraction of sp³-hybridized carbons (Fsp3) is 0.421. The molecule has 2 aromatic rings. The molecule has 2 heterocycles. The lowest BCUT2D eigenvalue weighted by atomic mass is 9.93. The van der Waals surface area contributed by atoms with E-state index in [1.54, 1.807) is 25.1 Å². The summed E-state index contributed by atoms with van der Waals surface area (Å²) in [6.07, 6.45) is 0.0309. The quantitative estimate of drug-likeness (QED) is 0.911. The lowest BCUT2D eigenvalue weighted by molar-refractivity contribution is -0.122. The van der Waals surface area contributed by atoms with E-state index in [-0.39, 0.29) is 35.9 Å². The minimum absolute atomic E-state index is 0.0309. The summed E-state index contributed by atoms with van der Waals surface area (Å²) in [5, 5.41) is 6.52. The number of aryl methyl sites for hydroxylation is 1. The first kappa shape index (κ1) is 18.1. The zero-order chi connectivity index (χ0) is 19.1. The average molecular weight is 359 g/mol. The molecule has 0 radical (unpaired) electrons. The number of rotatable bonds is 3. The molecule has 1 aliphatic heterocycles. The van der Waals surface area contributed by atoms with Crippen LogP contribution in [-0.4, -0.2) is 23.5 Å². The van der Waals surface area contributed by atoms with Crippen LogP contribution >= 0.6 is 0 Å². The van der Waals surface area contributed by atoms with Gasteiger partial charge in [0, 0.05) is 24.4 Å². The van der Waals surface area contributed by atoms with Gasteiger partial charge in [0.25, 0.3) is 0 Å². The molecule has 0 spiro atoms. The highest BCUT2D eigenvalue weighted by Gasteiger charge is 2.36. The molecule has 1 aromatic heterocycles. The topological polar surface area (TPSA) is 75.4 Å². The summed E-state index contributed by atoms with van der Waals surface area (Å²) < 4.78 is 19.4. The molecule has 0 bridgehead atoms. The second kappa shape index (κ2) is 6.55. The molecule has 1 unspecified atom stereocenters. The Morgan fingerprint density at radius 3 is 2.69 bits per heavy atom. The highest BCUT2D eigenvalue weighted by Crippen LogP contribution is 2.29. The van der Waals surface area contributed by atoms with E-state index in [1.807, 2.05) is 20.8 Å². The number of hydrogen-bond acceptors (Lipinski definition) is 4. The highest BCUT2D eigenvalue weighted by atomic mass is 19.1. The van der Waals surface area contributed by atoms with Crippen molar-refractivity contribution in [3.05, 3.63) is 41.4 Å². The maximum Gasteiger partial charge on any atom is 0.231 e. The van der Waals surface area contributed by atoms with Crippen molar-refractivity contribution in [3.63, 3.8) is 0 Å². The van der Waals surface area contributed by atoms with Crippen LogP contribution in [0.1, 0.15) is 38.5 Å². The summed E-state index contributed by atoms with van der Waals surface area (Å²) in [5.74, 6) is -0.680. The van der Waals surface area contributed by atoms with E-state index in [0.717, 1.165) is 5.56 Å². The number of hydrogen-bond donors (Lipinski definition) is 1. The average Bonchev–Trinajstić information content (AvgIpc) is 3.14. The van der Waals surface area contributed by atoms with E-state index >= 15 is 0 Å². The van der Waals surface area contributed by atoms with Gasteiger partial charge in [-0.2, -0.15) is 0 Å². The maximum absolute atomic E-state index is 14.1. The van der Waals surface area contributed by atoms with Gasteiger partial charge in [0.2, 0.25) is 11.8 Å². The number of amides is 2. The third-order valence-electron chi connectivity index (χ3n) is 4.39. The van der Waals surface area contributed by atoms with Crippen molar-refractivity contribution in [2.75, 3.05) is 16.8 Å². The summed E-state index contributed by atoms with van der Waals surface area (Å²) >= 11 is 0. The molecule has 2 amide bonds. The fourth-order valence-electron chi connectivity index (χ4n) is 2.86. The van der Waals surface area contributed by atoms with Crippen LogP contribution in [0.2, 0.25) is 0 Å². The summed E-state index contributed by atoms with van der Waals surface area (Å²) in [5.41, 5.74) is 0.749. The van der Waals surface area contributed by atoms with Gasteiger partial charge < -0.3 is 14.7 Å². The summed E-state index contributed by atoms with van der Waals surface area (Å²) in [6, 6.07) is 6.35. The van der Waals surface area contributed by atoms with Crippen LogP contribution < -0.4 is 10.2 Å². The van der Waals surface area contributed by atoms with Crippen LogP contribution in [0, 0.1) is 18.7 Å². The van der Waals surface area contributed by atoms with Gasteiger partial charge in [-0.05, 0) is 24.6 Å². The molecule has 1 saturated heterocycles. The van der Waals surface area contributed by atoms with E-state index < -0.39 is 11.7 Å². The highest BCUT2D eigenvalue weighted by molar-refractivity contribution is 6.03. The molecule has 7 heteroatoms. The number of aromatic nitrogens is 1. The van der Waals surface area contributed by atoms with Crippen LogP contribution in [0.15, 0.2) is 28.8 Å². The standard InChI is InChI=1S/C19H22FN3O3/c1-11-5-6-14(13(20)7-11)23-10-12(8-17(23)24)18(25)21-16-9-15(26-22-16)19(2,3)4/h5-7,9,12H,8,10H2,1-4H3,(H,21,22,25). The van der Waals surface area contributed by atoms with Gasteiger partial charge in [0.05, 0.1) is 11.6 Å². The van der Waals surface area contributed by atoms with Gasteiger partial charge in [-0.15, -0.1) is 0 Å². The molecule has 1 N–H and O–H groups in total. The molecule has 0 aliphatic carbocycles. The number of halogens is 1. The Morgan fingerprint density at radius 1 is 1.35 bits per heavy atom. The zero-order valence-corrected chi connectivity index (χ0v) is 15.3. The third-order valence-corrected chi connectivity index (χ3v) is 4.39. The van der Waals surface area contributed by atoms with Crippen molar-refractivity contribution in [1.29, 1.82) is 0 Å². The molecular weight excluding hydrogens is 337 g/mol. The Labute approximate surface area is 151 Å². The van der Waals surface area contributed by atoms with Crippen molar-refractivity contribution in [3.8, 4) is 0 Å². The van der Waals surface area contributed by atoms with Crippen LogP contribution in [0.25, 0.3) is 0 Å². The summed E-state index contributed by atoms with van der Waals surface area (Å²) in [4.78, 5) is 26.1. The van der Waals surface area contributed by atoms with Crippen molar-refractivity contribution in [1.82, 2.24) is 5.16 Å². The van der Waals surface area contributed by atoms with Crippen molar-refractivity contribution < 1.29 is 18.5 Å². The normalized spacial score (nSPS) is 17.7. The van der Waals surface area contributed by atoms with E-state index in [9.17, 15) is 14.0 Å². The van der Waals surface area contributed by atoms with Crippen LogP contribution in [0.3, 0.4) is 0 Å². The minimum Gasteiger partial charge on any atom is -0.359 e. The Hall–Kier alpha value is -2.70. The number of nitrogens with zero attached hydrogens (tertiary/aromatic N) is 2. The van der Waals surface area contributed by atoms with Gasteiger partial charge in [-0.25, -0.2) is 4.39 Å². The van der Waals surface area contributed by atoms with E-state index in [4.69, 9.17) is 4.52 Å². The molecule has 1 fully saturated rings. The van der Waals surface area contributed by atoms with Crippen molar-refractivity contribution in [2.45, 2.75) is 39.5 Å². The van der Waals surface area contributed by atoms with E-state index in [2.05, 4.69) is 10.5 Å². The number of carbonyl (C=O) groups excluding carboxylic acids is 2. The van der Waals surface area contributed by atoms with E-state index in [0.29, 0.717) is 11.6 Å². The first-order chi connectivity index (χ1) is 12.1. The molecule has 3 rings (SSSR count). The third kappa shape index (κ3) is 3.61. The molecule has 1 aliphatic rings. The summed E-state index contributed by atoms with van der Waals surface area (Å²) in [7, 11) is 0. The lowest BCUT2D eigenvalue weighted by Crippen LogP contribution is -2.28. The maximum atomic E-state index is 14.1. The second-order valence-electron chi connectivity index (χ2n) is 7.68. The molecule has 138 valence electrons. The SMILES string of the molecule is Cc1ccc(N2CC(C(=O)Nc3cc(C(C)(C)C)on3)CC2=O)c(F)c1. The van der Waals surface area contributed by atoms with Gasteiger partial charge in [0.1, 0.15) is 11.6 Å². The van der Waals surface area contributed by atoms with Crippen LogP contribution in [0.4, 0.5) is 15.9 Å². The van der Waals surface area contributed by atoms with Gasteiger partial charge in [0.15, 0.2) is 5.82 Å². The first-order valence-corrected chi connectivity index (χ1v) is 8.50. The molecule has 6 nitrogen and oxygen atoms in total. The minimum atomic E-state index is -0.571. The van der Waals surface area contributed by atoms with Gasteiger partial charge in [-0.1, -0.05) is 32.0 Å². The predicted octanol–water partition coefficient (Wildman–Crippen LogP) is 3.41. The van der Waals surface area contributed by atoms with Crippen molar-refractivity contribution >= 4 is 23.3 Å². The molecular formula is C19H22FN3O3. The Kier molecular flexibility index (Phi) is 4.56. The molecule has 1 atom stereocenters. The van der Waals surface area contributed by atoms with Crippen LogP contribution in [0.5, 0.6) is 0 Å². The fourth-order valence-corrected chi connectivity index (χ4v) is 2.86. The largest absolute Gasteiger partial charge is 0.359 e. The smallest absolute Gasteiger partial charge is 0.231 e. The zero-order valence-electron chi connectivity index (χ0n) is 15.3. The lowest BCUT2D eigenvalue weighted by Gasteiger charge is -2.17. The molecule has 1 aromatic carbocycles. The number of nitrogens with one attached hydrogen (secondary N) is 1. The number of carbonyl (C=O) groups is 2. The van der Waals surface area contributed by atoms with Crippen LogP contribution in [-0.2, 0) is 15.0 Å². The van der Waals surface area contributed by atoms with Crippen molar-refractivity contribution in [2.24, 2.45) is 5.92 Å². The Morgan fingerprint density at radius 2 is 2.08 bits per heavy atom. The molecule has 0 saturated carbocycles. The Balaban J connectivity index is 1.70. The van der Waals surface area contributed by atoms with E-state index in [1.165, 1.54) is 11.0 Å². The predicted molar refractivity (Wildman–Crippen MR) is 95.4 cm³/mol. The number of anilines is 2. The van der Waals surface area contributed by atoms with Gasteiger partial charge >= 0.3 is 0 Å². The second-order valence-corrected chi connectivity index (χ2v) is 7.68. The Bertz CT molecular complexity index is 854. The first-order valence-electron chi connectivity index (χ1n) is 8.50. The van der Waals surface area contributed by atoms with Gasteiger partial charge in [-0.3, -0.25) is 9.59 Å². The summed E-state index contributed by atoms with van der Waals surface area (Å²) in [6.45, 7) is 7.83. The monoisotopic (exact) mass is 359 g/mol.